The Kier molecular flexibility index (Phi) is 5.56. The summed E-state index contributed by atoms with van der Waals surface area (Å²) in [6.07, 6.45) is 1.35. The Morgan fingerprint density at radius 2 is 1.83 bits per heavy atom. The SMILES string of the molecule is Cc1ccc(NC(=O)/C(C#N)=C/c2ccc(-c3ccc([N+](=O)[O-])cc3)o2)cc1C. The summed E-state index contributed by atoms with van der Waals surface area (Å²) in [5.41, 5.74) is 3.26. The number of nitriles is 1. The maximum atomic E-state index is 12.4. The Hall–Kier alpha value is -4.18. The molecule has 0 radical (unpaired) electrons. The fraction of sp³-hybridized carbons (Fsp3) is 0.0909. The molecule has 0 atom stereocenters. The van der Waals surface area contributed by atoms with Gasteiger partial charge in [0.15, 0.2) is 0 Å². The lowest BCUT2D eigenvalue weighted by Crippen LogP contribution is -2.13. The number of nitro groups is 1. The molecule has 7 nitrogen and oxygen atoms in total. The molecule has 0 aliphatic carbocycles. The Labute approximate surface area is 167 Å². The molecule has 0 aliphatic heterocycles. The van der Waals surface area contributed by atoms with E-state index in [1.807, 2.05) is 32.0 Å². The molecule has 1 heterocycles. The van der Waals surface area contributed by atoms with Crippen LogP contribution in [0.2, 0.25) is 0 Å². The lowest BCUT2D eigenvalue weighted by molar-refractivity contribution is -0.384. The smallest absolute Gasteiger partial charge is 0.269 e. The fourth-order valence-electron chi connectivity index (χ4n) is 2.64. The number of non-ortho nitro benzene ring substituents is 1. The predicted octanol–water partition coefficient (Wildman–Crippen LogP) is 5.02. The molecular formula is C22H17N3O4. The molecule has 0 saturated heterocycles. The standard InChI is InChI=1S/C22H17N3O4/c1-14-3-6-18(11-15(14)2)24-22(26)17(13-23)12-20-9-10-21(29-20)16-4-7-19(8-5-16)25(27)28/h3-12H,1-2H3,(H,24,26)/b17-12+. The highest BCUT2D eigenvalue weighted by molar-refractivity contribution is 6.09. The fourth-order valence-corrected chi connectivity index (χ4v) is 2.64. The van der Waals surface area contributed by atoms with E-state index < -0.39 is 10.8 Å². The summed E-state index contributed by atoms with van der Waals surface area (Å²) < 4.78 is 5.66. The van der Waals surface area contributed by atoms with Gasteiger partial charge in [-0.15, -0.1) is 0 Å². The summed E-state index contributed by atoms with van der Waals surface area (Å²) in [7, 11) is 0. The highest BCUT2D eigenvalue weighted by Crippen LogP contribution is 2.25. The molecule has 0 bridgehead atoms. The van der Waals surface area contributed by atoms with Crippen molar-refractivity contribution in [1.29, 1.82) is 5.26 Å². The van der Waals surface area contributed by atoms with Gasteiger partial charge in [-0.05, 0) is 61.4 Å². The third kappa shape index (κ3) is 4.57. The van der Waals surface area contributed by atoms with Crippen molar-refractivity contribution in [3.63, 3.8) is 0 Å². The van der Waals surface area contributed by atoms with Crippen LogP contribution in [0.15, 0.2) is 64.6 Å². The van der Waals surface area contributed by atoms with E-state index in [4.69, 9.17) is 4.42 Å². The third-order valence-corrected chi connectivity index (χ3v) is 4.41. The van der Waals surface area contributed by atoms with Crippen LogP contribution in [0.4, 0.5) is 11.4 Å². The number of nitro benzene ring substituents is 1. The number of hydrogen-bond donors (Lipinski definition) is 1. The molecule has 2 aromatic carbocycles. The van der Waals surface area contributed by atoms with Gasteiger partial charge in [0.1, 0.15) is 23.2 Å². The van der Waals surface area contributed by atoms with Gasteiger partial charge in [-0.25, -0.2) is 0 Å². The van der Waals surface area contributed by atoms with Gasteiger partial charge in [0.2, 0.25) is 0 Å². The average molecular weight is 387 g/mol. The number of carbonyl (C=O) groups excluding carboxylic acids is 1. The minimum Gasteiger partial charge on any atom is -0.457 e. The zero-order chi connectivity index (χ0) is 21.0. The molecule has 1 N–H and O–H groups in total. The predicted molar refractivity (Wildman–Crippen MR) is 109 cm³/mol. The van der Waals surface area contributed by atoms with Crippen LogP contribution >= 0.6 is 0 Å². The average Bonchev–Trinajstić information content (AvgIpc) is 3.17. The summed E-state index contributed by atoms with van der Waals surface area (Å²) in [5.74, 6) is 0.257. The van der Waals surface area contributed by atoms with Crippen molar-refractivity contribution in [3.8, 4) is 17.4 Å². The number of nitrogens with zero attached hydrogens (tertiary/aromatic N) is 2. The number of hydrogen-bond acceptors (Lipinski definition) is 5. The molecule has 1 amide bonds. The number of amides is 1. The molecule has 29 heavy (non-hydrogen) atoms. The zero-order valence-corrected chi connectivity index (χ0v) is 15.8. The summed E-state index contributed by atoms with van der Waals surface area (Å²) >= 11 is 0. The molecule has 0 spiro atoms. The Balaban J connectivity index is 1.78. The van der Waals surface area contributed by atoms with Gasteiger partial charge in [-0.2, -0.15) is 5.26 Å². The van der Waals surface area contributed by atoms with Crippen molar-refractivity contribution >= 4 is 23.4 Å². The largest absolute Gasteiger partial charge is 0.457 e. The van der Waals surface area contributed by atoms with E-state index in [1.54, 1.807) is 30.3 Å². The van der Waals surface area contributed by atoms with Crippen LogP contribution in [0.5, 0.6) is 0 Å². The summed E-state index contributed by atoms with van der Waals surface area (Å²) in [6, 6.07) is 16.6. The Morgan fingerprint density at radius 3 is 2.45 bits per heavy atom. The molecule has 3 rings (SSSR count). The van der Waals surface area contributed by atoms with E-state index in [1.165, 1.54) is 18.2 Å². The van der Waals surface area contributed by atoms with E-state index in [0.717, 1.165) is 11.1 Å². The number of furan rings is 1. The van der Waals surface area contributed by atoms with Crippen LogP contribution in [-0.2, 0) is 4.79 Å². The third-order valence-electron chi connectivity index (χ3n) is 4.41. The molecule has 0 unspecified atom stereocenters. The van der Waals surface area contributed by atoms with E-state index in [-0.39, 0.29) is 11.3 Å². The Morgan fingerprint density at radius 1 is 1.10 bits per heavy atom. The first kappa shape index (κ1) is 19.6. The van der Waals surface area contributed by atoms with Crippen LogP contribution in [0.25, 0.3) is 17.4 Å². The van der Waals surface area contributed by atoms with Crippen molar-refractivity contribution in [2.45, 2.75) is 13.8 Å². The van der Waals surface area contributed by atoms with E-state index in [2.05, 4.69) is 5.32 Å². The van der Waals surface area contributed by atoms with Gasteiger partial charge in [0.05, 0.1) is 4.92 Å². The maximum absolute atomic E-state index is 12.4. The summed E-state index contributed by atoms with van der Waals surface area (Å²) in [5, 5.41) is 22.8. The van der Waals surface area contributed by atoms with Gasteiger partial charge in [-0.1, -0.05) is 6.07 Å². The normalized spacial score (nSPS) is 11.0. The lowest BCUT2D eigenvalue weighted by atomic mass is 10.1. The van der Waals surface area contributed by atoms with E-state index in [0.29, 0.717) is 22.8 Å². The van der Waals surface area contributed by atoms with Crippen molar-refractivity contribution in [2.24, 2.45) is 0 Å². The van der Waals surface area contributed by atoms with Gasteiger partial charge < -0.3 is 9.73 Å². The van der Waals surface area contributed by atoms with Crippen molar-refractivity contribution in [1.82, 2.24) is 0 Å². The topological polar surface area (TPSA) is 109 Å². The highest BCUT2D eigenvalue weighted by Gasteiger charge is 2.12. The van der Waals surface area contributed by atoms with E-state index >= 15 is 0 Å². The number of aryl methyl sites for hydroxylation is 2. The first-order chi connectivity index (χ1) is 13.9. The number of nitrogens with one attached hydrogen (secondary N) is 1. The first-order valence-corrected chi connectivity index (χ1v) is 8.72. The summed E-state index contributed by atoms with van der Waals surface area (Å²) in [6.45, 7) is 3.91. The number of benzene rings is 2. The zero-order valence-electron chi connectivity index (χ0n) is 15.8. The monoisotopic (exact) mass is 387 g/mol. The van der Waals surface area contributed by atoms with Crippen LogP contribution in [-0.4, -0.2) is 10.8 Å². The van der Waals surface area contributed by atoms with Crippen LogP contribution in [0, 0.1) is 35.3 Å². The molecule has 0 fully saturated rings. The van der Waals surface area contributed by atoms with Crippen LogP contribution in [0.3, 0.4) is 0 Å². The Bertz CT molecular complexity index is 1150. The van der Waals surface area contributed by atoms with Crippen molar-refractivity contribution < 1.29 is 14.1 Å². The molecular weight excluding hydrogens is 370 g/mol. The minimum absolute atomic E-state index is 0.0183. The second-order valence-corrected chi connectivity index (χ2v) is 6.43. The summed E-state index contributed by atoms with van der Waals surface area (Å²) in [4.78, 5) is 22.7. The first-order valence-electron chi connectivity index (χ1n) is 8.72. The number of carbonyl (C=O) groups is 1. The van der Waals surface area contributed by atoms with Gasteiger partial charge in [-0.3, -0.25) is 14.9 Å². The van der Waals surface area contributed by atoms with Gasteiger partial charge in [0.25, 0.3) is 11.6 Å². The molecule has 144 valence electrons. The molecule has 1 aromatic heterocycles. The highest BCUT2D eigenvalue weighted by atomic mass is 16.6. The number of rotatable bonds is 5. The van der Waals surface area contributed by atoms with Crippen molar-refractivity contribution in [2.75, 3.05) is 5.32 Å². The van der Waals surface area contributed by atoms with E-state index in [9.17, 15) is 20.2 Å². The second-order valence-electron chi connectivity index (χ2n) is 6.43. The second kappa shape index (κ2) is 8.23. The number of anilines is 1. The molecule has 3 aromatic rings. The quantitative estimate of drug-likeness (QED) is 0.286. The molecule has 0 saturated carbocycles. The minimum atomic E-state index is -0.538. The lowest BCUT2D eigenvalue weighted by Gasteiger charge is -2.06. The van der Waals surface area contributed by atoms with Crippen molar-refractivity contribution in [3.05, 3.63) is 87.2 Å². The molecule has 0 aliphatic rings. The maximum Gasteiger partial charge on any atom is 0.269 e. The van der Waals surface area contributed by atoms with Crippen LogP contribution in [0.1, 0.15) is 16.9 Å². The van der Waals surface area contributed by atoms with Gasteiger partial charge in [0, 0.05) is 29.5 Å². The van der Waals surface area contributed by atoms with Gasteiger partial charge >= 0.3 is 0 Å². The van der Waals surface area contributed by atoms with Crippen LogP contribution < -0.4 is 5.32 Å². The molecule has 7 heteroatoms.